The van der Waals surface area contributed by atoms with E-state index in [-0.39, 0.29) is 52.6 Å². The molecule has 5 aliphatic carbocycles. The van der Waals surface area contributed by atoms with Crippen LogP contribution in [0, 0.1) is 50.2 Å². The Hall–Kier alpha value is -1.75. The zero-order valence-electron chi connectivity index (χ0n) is 49.0. The Morgan fingerprint density at radius 2 is 1.08 bits per heavy atom. The Morgan fingerprint density at radius 3 is 1.67 bits per heavy atom. The number of ether oxygens (including phenoxy) is 10. The maximum Gasteiger partial charge on any atom is 0.310 e. The highest BCUT2D eigenvalue weighted by Gasteiger charge is 2.70. The van der Waals surface area contributed by atoms with Gasteiger partial charge in [-0.1, -0.05) is 53.2 Å². The molecule has 26 heteroatoms. The van der Waals surface area contributed by atoms with Crippen molar-refractivity contribution >= 4 is 5.97 Å². The molecule has 4 saturated carbocycles. The molecule has 26 nitrogen and oxygen atoms in total. The monoisotopic (exact) mass is 1210 g/mol. The highest BCUT2D eigenvalue weighted by atomic mass is 16.8. The fourth-order valence-electron chi connectivity index (χ4n) is 17.5. The summed E-state index contributed by atoms with van der Waals surface area (Å²) in [5.74, 6) is -0.593. The standard InChI is InChI=1S/C58H94O26/c1-24-34(64)45(83-47-39(69)35(65)27(62)21-75-47)42(72)50(77-24)82-44-30(20-60)78-48(40(70)37(44)67)81-43-29(19-59)79-49(41(71)38(43)68)84-46-36(66)28(63)22-76-51(46)80-33-11-12-54(4)31(55(33,5)23-61)10-13-57(7)32(54)9-8-25-26-18-53(2,3)14-16-58(26,52(73)74)17-15-56(25,57)6/h8,24,26-51,59-72H,9-23H2,1-7H3,(H,73,74). The molecule has 84 heavy (non-hydrogen) atoms. The average molecular weight is 1210 g/mol. The minimum atomic E-state index is -2.07. The molecule has 0 aromatic heterocycles. The Labute approximate surface area is 488 Å². The van der Waals surface area contributed by atoms with Crippen molar-refractivity contribution in [1.82, 2.24) is 0 Å². The summed E-state index contributed by atoms with van der Waals surface area (Å²) in [5, 5.41) is 165. The molecule has 32 unspecified atom stereocenters. The first-order valence-corrected chi connectivity index (χ1v) is 30.2. The third-order valence-corrected chi connectivity index (χ3v) is 22.9. The van der Waals surface area contributed by atoms with E-state index < -0.39 is 184 Å². The number of hydrogen-bond donors (Lipinski definition) is 15. The quantitative estimate of drug-likeness (QED) is 0.0639. The largest absolute Gasteiger partial charge is 0.481 e. The van der Waals surface area contributed by atoms with Crippen LogP contribution in [0.5, 0.6) is 0 Å². The molecule has 0 amide bonds. The van der Waals surface area contributed by atoms with E-state index in [1.807, 2.05) is 6.92 Å². The second kappa shape index (κ2) is 24.1. The van der Waals surface area contributed by atoms with Gasteiger partial charge in [-0.05, 0) is 111 Å². The summed E-state index contributed by atoms with van der Waals surface area (Å²) >= 11 is 0. The van der Waals surface area contributed by atoms with Gasteiger partial charge in [-0.2, -0.15) is 0 Å². The summed E-state index contributed by atoms with van der Waals surface area (Å²) in [6.07, 6.45) is -30.3. The molecule has 0 spiro atoms. The van der Waals surface area contributed by atoms with Crippen molar-refractivity contribution in [1.29, 1.82) is 0 Å². The number of hydrogen-bond acceptors (Lipinski definition) is 25. The lowest BCUT2D eigenvalue weighted by Gasteiger charge is -2.71. The molecule has 5 heterocycles. The number of carbonyl (C=O) groups is 1. The number of aliphatic hydroxyl groups excluding tert-OH is 14. The predicted octanol–water partition coefficient (Wildman–Crippen LogP) is -2.37. The minimum absolute atomic E-state index is 0.0212. The molecule has 9 fully saturated rings. The Kier molecular flexibility index (Phi) is 18.7. The van der Waals surface area contributed by atoms with E-state index in [9.17, 15) is 81.4 Å². The van der Waals surface area contributed by atoms with Gasteiger partial charge in [0.25, 0.3) is 0 Å². The molecular weight excluding hydrogens is 1110 g/mol. The zero-order valence-corrected chi connectivity index (χ0v) is 49.0. The molecule has 0 aromatic rings. The van der Waals surface area contributed by atoms with Crippen LogP contribution >= 0.6 is 0 Å². The van der Waals surface area contributed by atoms with Crippen LogP contribution in [0.4, 0.5) is 0 Å². The van der Waals surface area contributed by atoms with E-state index in [0.29, 0.717) is 25.7 Å². The number of rotatable bonds is 14. The molecule has 10 aliphatic rings. The average Bonchev–Trinajstić information content (AvgIpc) is 0.689. The second-order valence-electron chi connectivity index (χ2n) is 28.0. The third kappa shape index (κ3) is 10.8. The van der Waals surface area contributed by atoms with Crippen LogP contribution in [0.3, 0.4) is 0 Å². The van der Waals surface area contributed by atoms with Gasteiger partial charge in [-0.3, -0.25) is 4.79 Å². The molecule has 0 bridgehead atoms. The van der Waals surface area contributed by atoms with E-state index in [0.717, 1.165) is 38.5 Å². The van der Waals surface area contributed by atoms with Gasteiger partial charge < -0.3 is 124 Å². The molecule has 15 N–H and O–H groups in total. The summed E-state index contributed by atoms with van der Waals surface area (Å²) in [6.45, 7) is 12.1. The number of aliphatic hydroxyl groups is 14. The Morgan fingerprint density at radius 1 is 0.548 bits per heavy atom. The number of allylic oxidation sites excluding steroid dienone is 2. The van der Waals surface area contributed by atoms with Gasteiger partial charge in [-0.25, -0.2) is 0 Å². The first-order chi connectivity index (χ1) is 39.4. The molecule has 482 valence electrons. The molecular formula is C58H94O26. The smallest absolute Gasteiger partial charge is 0.310 e. The highest BCUT2D eigenvalue weighted by molar-refractivity contribution is 5.76. The molecule has 5 saturated heterocycles. The summed E-state index contributed by atoms with van der Waals surface area (Å²) in [7, 11) is 0. The van der Waals surface area contributed by atoms with Crippen LogP contribution in [0.25, 0.3) is 0 Å². The highest BCUT2D eigenvalue weighted by Crippen LogP contribution is 2.76. The molecule has 5 aliphatic heterocycles. The van der Waals surface area contributed by atoms with Crippen LogP contribution in [-0.2, 0) is 52.2 Å². The summed E-state index contributed by atoms with van der Waals surface area (Å²) in [4.78, 5) is 13.2. The van der Waals surface area contributed by atoms with Gasteiger partial charge in [0.1, 0.15) is 104 Å². The summed E-state index contributed by atoms with van der Waals surface area (Å²) in [5.41, 5.74) is -0.986. The second-order valence-corrected chi connectivity index (χ2v) is 28.0. The number of carboxylic acid groups (broad SMARTS) is 1. The van der Waals surface area contributed by atoms with Crippen LogP contribution in [0.2, 0.25) is 0 Å². The van der Waals surface area contributed by atoms with Crippen LogP contribution in [0.15, 0.2) is 11.6 Å². The number of aliphatic carboxylic acids is 1. The lowest BCUT2D eigenvalue weighted by atomic mass is 9.33. The third-order valence-electron chi connectivity index (χ3n) is 22.9. The van der Waals surface area contributed by atoms with E-state index in [1.165, 1.54) is 12.5 Å². The Bertz CT molecular complexity index is 2330. The van der Waals surface area contributed by atoms with Crippen LogP contribution in [-0.4, -0.2) is 263 Å². The van der Waals surface area contributed by atoms with Gasteiger partial charge in [0.2, 0.25) is 0 Å². The minimum Gasteiger partial charge on any atom is -0.481 e. The lowest BCUT2D eigenvalue weighted by molar-refractivity contribution is -0.393. The van der Waals surface area contributed by atoms with E-state index in [2.05, 4.69) is 40.7 Å². The summed E-state index contributed by atoms with van der Waals surface area (Å²) < 4.78 is 59.1. The number of carboxylic acids is 1. The molecule has 32 atom stereocenters. The van der Waals surface area contributed by atoms with E-state index in [4.69, 9.17) is 47.4 Å². The van der Waals surface area contributed by atoms with Crippen molar-refractivity contribution in [2.75, 3.05) is 33.0 Å². The molecule has 0 aromatic carbocycles. The van der Waals surface area contributed by atoms with Crippen molar-refractivity contribution < 1.29 is 129 Å². The maximum atomic E-state index is 13.2. The fourth-order valence-corrected chi connectivity index (χ4v) is 17.5. The van der Waals surface area contributed by atoms with Crippen molar-refractivity contribution in [3.05, 3.63) is 11.6 Å². The van der Waals surface area contributed by atoms with Crippen LogP contribution < -0.4 is 0 Å². The maximum absolute atomic E-state index is 13.2. The number of fused-ring (bicyclic) bond motifs is 7. The van der Waals surface area contributed by atoms with Crippen molar-refractivity contribution in [3.8, 4) is 0 Å². The van der Waals surface area contributed by atoms with Gasteiger partial charge in [0, 0.05) is 5.41 Å². The zero-order chi connectivity index (χ0) is 61.1. The molecule has 0 radical (unpaired) electrons. The van der Waals surface area contributed by atoms with Gasteiger partial charge in [0.15, 0.2) is 31.5 Å². The van der Waals surface area contributed by atoms with Gasteiger partial charge in [-0.15, -0.1) is 0 Å². The van der Waals surface area contributed by atoms with Crippen molar-refractivity contribution in [2.24, 2.45) is 50.2 Å². The van der Waals surface area contributed by atoms with Crippen LogP contribution in [0.1, 0.15) is 113 Å². The topological polar surface area (TPSA) is 413 Å². The molecule has 10 rings (SSSR count). The summed E-state index contributed by atoms with van der Waals surface area (Å²) in [6, 6.07) is 0. The fraction of sp³-hybridized carbons (Fsp3) is 0.948. The van der Waals surface area contributed by atoms with E-state index >= 15 is 0 Å². The normalized spacial score (nSPS) is 54.9. The van der Waals surface area contributed by atoms with Crippen molar-refractivity contribution in [3.63, 3.8) is 0 Å². The van der Waals surface area contributed by atoms with Gasteiger partial charge >= 0.3 is 5.97 Å². The SMILES string of the molecule is CC1OC(OC2C(CO)OC(OC3C(CO)OC(OC4C(OC5CCC6(C)C(CCC7(C)C6CC=C6C8CC(C)(C)CCC8(C(=O)O)CCC67C)C5(C)CO)OCC(O)C4O)C(O)C3O)C(O)C2O)C(O)C(OC2OCC(O)C(O)C2O)C1O. The first-order valence-electron chi connectivity index (χ1n) is 30.2. The lowest BCUT2D eigenvalue weighted by Crippen LogP contribution is -2.68. The predicted molar refractivity (Wildman–Crippen MR) is 284 cm³/mol. The van der Waals surface area contributed by atoms with Gasteiger partial charge in [0.05, 0.1) is 50.7 Å². The first kappa shape index (κ1) is 65.2. The van der Waals surface area contributed by atoms with E-state index in [1.54, 1.807) is 0 Å². The Balaban J connectivity index is 0.799. The van der Waals surface area contributed by atoms with Crippen molar-refractivity contribution in [2.45, 2.75) is 260 Å².